The molecule has 0 atom stereocenters. The van der Waals surface area contributed by atoms with Gasteiger partial charge in [0.2, 0.25) is 0 Å². The average Bonchev–Trinajstić information content (AvgIpc) is 3.40. The number of hydrogen-bond donors (Lipinski definition) is 0. The third kappa shape index (κ3) is 13.8. The van der Waals surface area contributed by atoms with Crippen molar-refractivity contribution in [2.45, 2.75) is 0 Å². The van der Waals surface area contributed by atoms with Gasteiger partial charge < -0.3 is 19.9 Å². The van der Waals surface area contributed by atoms with Crippen LogP contribution in [0.1, 0.15) is 0 Å². The van der Waals surface area contributed by atoms with Crippen LogP contribution in [0.3, 0.4) is 0 Å². The van der Waals surface area contributed by atoms with Gasteiger partial charge in [-0.2, -0.15) is 49.6 Å². The fraction of sp³-hybridized carbons (Fsp3) is 0. The van der Waals surface area contributed by atoms with Crippen molar-refractivity contribution in [1.82, 2.24) is 19.9 Å². The van der Waals surface area contributed by atoms with Crippen LogP contribution in [0, 0.1) is 0 Å². The van der Waals surface area contributed by atoms with Crippen molar-refractivity contribution in [2.24, 2.45) is 0 Å². The van der Waals surface area contributed by atoms with Gasteiger partial charge >= 0.3 is 0 Å². The number of rotatable bonds is 0. The second-order valence-corrected chi connectivity index (χ2v) is 3.33. The topological polar surface area (TPSA) is 56.4 Å². The van der Waals surface area contributed by atoms with Crippen LogP contribution < -0.4 is 19.9 Å². The summed E-state index contributed by atoms with van der Waals surface area (Å²) < 4.78 is 0. The van der Waals surface area contributed by atoms with Crippen LogP contribution >= 0.6 is 0 Å². The maximum Gasteiger partial charge on any atom is 0 e. The van der Waals surface area contributed by atoms with Gasteiger partial charge in [0.25, 0.3) is 0 Å². The molecule has 0 saturated carbocycles. The maximum atomic E-state index is 3.72. The Morgan fingerprint density at radius 2 is 0.429 bits per heavy atom. The van der Waals surface area contributed by atoms with E-state index < -0.39 is 0 Å². The van der Waals surface area contributed by atoms with E-state index in [-0.39, 0.29) is 16.5 Å². The van der Waals surface area contributed by atoms with Crippen molar-refractivity contribution >= 4 is 0 Å². The molecule has 0 aliphatic carbocycles. The molecule has 0 aliphatic heterocycles. The molecule has 21 heavy (non-hydrogen) atoms. The zero-order valence-corrected chi connectivity index (χ0v) is 12.3. The number of hydrogen-bond acceptors (Lipinski definition) is 0. The minimum atomic E-state index is 0. The molecule has 0 unspecified atom stereocenters. The predicted molar refractivity (Wildman–Crippen MR) is 79.0 cm³/mol. The Morgan fingerprint density at radius 1 is 0.286 bits per heavy atom. The summed E-state index contributed by atoms with van der Waals surface area (Å²) in [4.78, 5) is 14.9. The molecule has 114 valence electrons. The second kappa shape index (κ2) is 15.7. The summed E-state index contributed by atoms with van der Waals surface area (Å²) in [6.45, 7) is 0. The smallest absolute Gasteiger partial charge is 0 e. The van der Waals surface area contributed by atoms with E-state index >= 15 is 0 Å². The van der Waals surface area contributed by atoms with E-state index in [2.05, 4.69) is 19.9 Å². The molecule has 0 aliphatic rings. The fourth-order valence-electron chi connectivity index (χ4n) is 0.994. The summed E-state index contributed by atoms with van der Waals surface area (Å²) in [7, 11) is 0. The molecule has 0 radical (unpaired) electrons. The molecule has 4 nitrogen and oxygen atoms in total. The van der Waals surface area contributed by atoms with Crippen molar-refractivity contribution in [3.05, 3.63) is 98.1 Å². The molecule has 4 rings (SSSR count). The molecule has 4 aromatic rings. The first-order chi connectivity index (χ1) is 10.0. The Balaban J connectivity index is 0.000000250. The fourth-order valence-corrected chi connectivity index (χ4v) is 0.994. The van der Waals surface area contributed by atoms with Crippen LogP contribution in [0.15, 0.2) is 98.1 Å². The zero-order chi connectivity index (χ0) is 14.1. The zero-order valence-electron chi connectivity index (χ0n) is 11.3. The average molecular weight is 323 g/mol. The molecule has 0 saturated heterocycles. The van der Waals surface area contributed by atoms with E-state index in [4.69, 9.17) is 0 Å². The first-order valence-corrected chi connectivity index (χ1v) is 6.07. The van der Waals surface area contributed by atoms with Gasteiger partial charge in [-0.25, -0.2) is 0 Å². The summed E-state index contributed by atoms with van der Waals surface area (Å²) in [5, 5.41) is 0. The minimum Gasteiger partial charge on any atom is -0.670 e. The minimum absolute atomic E-state index is 0. The predicted octanol–water partition coefficient (Wildman–Crippen LogP) is 2.57. The molecule has 4 heterocycles. The number of nitrogens with zero attached hydrogens (tertiary/aromatic N) is 4. The quantitative estimate of drug-likeness (QED) is 0.467. The molecule has 0 bridgehead atoms. The summed E-state index contributed by atoms with van der Waals surface area (Å²) in [5.74, 6) is 0. The van der Waals surface area contributed by atoms with Crippen molar-refractivity contribution in [2.75, 3.05) is 0 Å². The molecule has 5 heteroatoms. The van der Waals surface area contributed by atoms with E-state index in [1.54, 1.807) is 49.6 Å². The molecule has 4 aromatic heterocycles. The van der Waals surface area contributed by atoms with E-state index in [9.17, 15) is 0 Å². The van der Waals surface area contributed by atoms with Crippen molar-refractivity contribution in [1.29, 1.82) is 0 Å². The van der Waals surface area contributed by atoms with Gasteiger partial charge in [-0.15, -0.1) is 0 Å². The molecular formula is C16H16N4Ni-4. The van der Waals surface area contributed by atoms with Crippen LogP contribution in [0.4, 0.5) is 0 Å². The number of aromatic nitrogens is 4. The third-order valence-corrected chi connectivity index (χ3v) is 1.82. The monoisotopic (exact) mass is 322 g/mol. The maximum absolute atomic E-state index is 3.72. The van der Waals surface area contributed by atoms with Crippen LogP contribution in [0.2, 0.25) is 0 Å². The van der Waals surface area contributed by atoms with Gasteiger partial charge in [-0.05, 0) is 0 Å². The van der Waals surface area contributed by atoms with E-state index in [0.29, 0.717) is 0 Å². The van der Waals surface area contributed by atoms with Gasteiger partial charge in [0, 0.05) is 16.5 Å². The van der Waals surface area contributed by atoms with Gasteiger partial charge in [0.05, 0.1) is 0 Å². The summed E-state index contributed by atoms with van der Waals surface area (Å²) >= 11 is 0. The van der Waals surface area contributed by atoms with Gasteiger partial charge in [0.15, 0.2) is 0 Å². The third-order valence-electron chi connectivity index (χ3n) is 1.82. The van der Waals surface area contributed by atoms with Gasteiger partial charge in [-0.3, -0.25) is 0 Å². The van der Waals surface area contributed by atoms with Gasteiger partial charge in [-0.1, -0.05) is 48.5 Å². The SMILES string of the molecule is [Ni].c1cc[n-]c1.c1cc[n-]c1.c1cc[n-]c1.c1cc[n-]c1. The van der Waals surface area contributed by atoms with Crippen LogP contribution in [-0.2, 0) is 16.5 Å². The molecular weight excluding hydrogens is 307 g/mol. The van der Waals surface area contributed by atoms with Crippen LogP contribution in [-0.4, -0.2) is 0 Å². The summed E-state index contributed by atoms with van der Waals surface area (Å²) in [6.07, 6.45) is 14.0. The Hall–Kier alpha value is -2.39. The van der Waals surface area contributed by atoms with E-state index in [1.807, 2.05) is 48.5 Å². The first-order valence-electron chi connectivity index (χ1n) is 6.07. The molecule has 0 fully saturated rings. The Labute approximate surface area is 135 Å². The molecule has 0 N–H and O–H groups in total. The first kappa shape index (κ1) is 18.6. The Morgan fingerprint density at radius 3 is 0.476 bits per heavy atom. The van der Waals surface area contributed by atoms with Crippen LogP contribution in [0.5, 0.6) is 0 Å². The van der Waals surface area contributed by atoms with Crippen molar-refractivity contribution in [3.8, 4) is 0 Å². The summed E-state index contributed by atoms with van der Waals surface area (Å²) in [5.41, 5.74) is 0. The van der Waals surface area contributed by atoms with E-state index in [0.717, 1.165) is 0 Å². The molecule has 0 spiro atoms. The Bertz CT molecular complexity index is 351. The molecule has 0 aromatic carbocycles. The second-order valence-electron chi connectivity index (χ2n) is 3.33. The van der Waals surface area contributed by atoms with Crippen LogP contribution in [0.25, 0.3) is 0 Å². The normalized spacial score (nSPS) is 7.62. The van der Waals surface area contributed by atoms with E-state index in [1.165, 1.54) is 0 Å². The largest absolute Gasteiger partial charge is 0.670 e. The Kier molecular flexibility index (Phi) is 13.9. The molecule has 0 amide bonds. The summed E-state index contributed by atoms with van der Waals surface area (Å²) in [6, 6.07) is 15.1. The van der Waals surface area contributed by atoms with Gasteiger partial charge in [0.1, 0.15) is 0 Å². The standard InChI is InChI=1S/4C4H4N.Ni/c4*1-2-4-5-3-1;/h4*1-4H;/q4*-1;. The van der Waals surface area contributed by atoms with Crippen molar-refractivity contribution < 1.29 is 16.5 Å². The van der Waals surface area contributed by atoms with Crippen molar-refractivity contribution in [3.63, 3.8) is 0 Å².